The molecule has 0 fully saturated rings. The van der Waals surface area contributed by atoms with Gasteiger partial charge in [-0.3, -0.25) is 14.9 Å². The number of hydrogen-bond acceptors (Lipinski definition) is 5. The van der Waals surface area contributed by atoms with Crippen LogP contribution >= 0.6 is 11.8 Å². The van der Waals surface area contributed by atoms with E-state index in [4.69, 9.17) is 0 Å². The highest BCUT2D eigenvalue weighted by atomic mass is 32.2. The van der Waals surface area contributed by atoms with Crippen LogP contribution in [0.2, 0.25) is 0 Å². The first-order valence-electron chi connectivity index (χ1n) is 5.80. The molecule has 0 radical (unpaired) electrons. The first kappa shape index (κ1) is 15.2. The topological polar surface area (TPSA) is 72.2 Å². The molecule has 0 amide bonds. The van der Waals surface area contributed by atoms with Crippen molar-refractivity contribution >= 4 is 34.3 Å². The summed E-state index contributed by atoms with van der Waals surface area (Å²) in [6.45, 7) is 1.54. The first-order valence-corrected chi connectivity index (χ1v) is 6.79. The predicted molar refractivity (Wildman–Crippen MR) is 79.4 cm³/mol. The normalized spacial score (nSPS) is 10.6. The van der Waals surface area contributed by atoms with E-state index in [1.807, 2.05) is 18.2 Å². The molecule has 0 atom stereocenters. The summed E-state index contributed by atoms with van der Waals surface area (Å²) in [5, 5.41) is 13.8. The Bertz CT molecular complexity index is 501. The highest BCUT2D eigenvalue weighted by molar-refractivity contribution is 8.13. The zero-order valence-corrected chi connectivity index (χ0v) is 11.7. The number of hydrogen-bond donors (Lipinski definition) is 1. The van der Waals surface area contributed by atoms with Crippen LogP contribution in [0.5, 0.6) is 0 Å². The fourth-order valence-corrected chi connectivity index (χ4v) is 2.05. The maximum absolute atomic E-state index is 10.9. The summed E-state index contributed by atoms with van der Waals surface area (Å²) in [5.41, 5.74) is 1.33. The van der Waals surface area contributed by atoms with E-state index in [1.165, 1.54) is 24.8 Å². The van der Waals surface area contributed by atoms with Crippen molar-refractivity contribution in [3.8, 4) is 0 Å². The second-order valence-corrected chi connectivity index (χ2v) is 5.09. The van der Waals surface area contributed by atoms with Gasteiger partial charge in [0.2, 0.25) is 0 Å². The number of nitrogens with one attached hydrogen (secondary N) is 1. The number of benzene rings is 1. The van der Waals surface area contributed by atoms with Gasteiger partial charge in [0, 0.05) is 25.8 Å². The molecule has 1 N–H and O–H groups in total. The lowest BCUT2D eigenvalue weighted by molar-refractivity contribution is -0.383. The van der Waals surface area contributed by atoms with E-state index in [0.29, 0.717) is 5.69 Å². The van der Waals surface area contributed by atoms with Crippen LogP contribution in [0.4, 0.5) is 11.4 Å². The Balaban J connectivity index is 2.69. The Morgan fingerprint density at radius 2 is 2.26 bits per heavy atom. The predicted octanol–water partition coefficient (Wildman–Crippen LogP) is 3.32. The quantitative estimate of drug-likeness (QED) is 0.491. The summed E-state index contributed by atoms with van der Waals surface area (Å²) in [7, 11) is 1.65. The molecule has 1 aromatic carbocycles. The molecule has 102 valence electrons. The van der Waals surface area contributed by atoms with Gasteiger partial charge in [-0.15, -0.1) is 0 Å². The van der Waals surface area contributed by atoms with Gasteiger partial charge >= 0.3 is 0 Å². The van der Waals surface area contributed by atoms with Gasteiger partial charge in [-0.2, -0.15) is 0 Å². The highest BCUT2D eigenvalue weighted by Gasteiger charge is 2.12. The number of carbonyl (C=O) groups excluding carboxylic acids is 1. The zero-order chi connectivity index (χ0) is 14.3. The summed E-state index contributed by atoms with van der Waals surface area (Å²) in [4.78, 5) is 21.2. The minimum atomic E-state index is -0.408. The molecule has 6 heteroatoms. The van der Waals surface area contributed by atoms with E-state index in [0.717, 1.165) is 17.7 Å². The minimum Gasteiger partial charge on any atom is -0.383 e. The molecule has 1 aromatic rings. The van der Waals surface area contributed by atoms with Crippen molar-refractivity contribution in [3.05, 3.63) is 40.0 Å². The Kier molecular flexibility index (Phi) is 6.08. The van der Waals surface area contributed by atoms with Gasteiger partial charge in [-0.05, 0) is 18.1 Å². The van der Waals surface area contributed by atoms with Gasteiger partial charge in [0.1, 0.15) is 5.69 Å². The van der Waals surface area contributed by atoms with Gasteiger partial charge in [-0.25, -0.2) is 0 Å². The molecule has 1 rings (SSSR count). The molecule has 0 heterocycles. The van der Waals surface area contributed by atoms with Crippen molar-refractivity contribution in [1.29, 1.82) is 0 Å². The van der Waals surface area contributed by atoms with Crippen molar-refractivity contribution in [2.24, 2.45) is 0 Å². The van der Waals surface area contributed by atoms with Crippen LogP contribution in [0.25, 0.3) is 6.08 Å². The van der Waals surface area contributed by atoms with Crippen LogP contribution < -0.4 is 5.32 Å². The highest BCUT2D eigenvalue weighted by Crippen LogP contribution is 2.25. The second kappa shape index (κ2) is 7.58. The second-order valence-electron chi connectivity index (χ2n) is 3.81. The fourth-order valence-electron chi connectivity index (χ4n) is 1.50. The van der Waals surface area contributed by atoms with Crippen LogP contribution in [-0.4, -0.2) is 22.8 Å². The summed E-state index contributed by atoms with van der Waals surface area (Å²) in [5.74, 6) is 0.725. The van der Waals surface area contributed by atoms with E-state index in [9.17, 15) is 14.9 Å². The van der Waals surface area contributed by atoms with Crippen LogP contribution in [0, 0.1) is 10.1 Å². The number of thioether (sulfide) groups is 1. The number of nitro benzene ring substituents is 1. The number of nitro groups is 1. The molecule has 0 aliphatic rings. The summed E-state index contributed by atoms with van der Waals surface area (Å²) < 4.78 is 0. The van der Waals surface area contributed by atoms with E-state index in [2.05, 4.69) is 5.32 Å². The third kappa shape index (κ3) is 5.13. The third-order valence-electron chi connectivity index (χ3n) is 2.39. The number of allylic oxidation sites excluding steroid dienone is 1. The molecule has 5 nitrogen and oxygen atoms in total. The van der Waals surface area contributed by atoms with Crippen molar-refractivity contribution in [2.75, 3.05) is 18.1 Å². The first-order chi connectivity index (χ1) is 9.04. The van der Waals surface area contributed by atoms with Gasteiger partial charge in [0.15, 0.2) is 5.12 Å². The van der Waals surface area contributed by atoms with Gasteiger partial charge < -0.3 is 5.32 Å². The number of rotatable bonds is 6. The zero-order valence-electron chi connectivity index (χ0n) is 10.9. The molecule has 0 aliphatic heterocycles. The van der Waals surface area contributed by atoms with Gasteiger partial charge in [0.25, 0.3) is 5.69 Å². The van der Waals surface area contributed by atoms with Crippen LogP contribution in [0.1, 0.15) is 18.9 Å². The lowest BCUT2D eigenvalue weighted by Crippen LogP contribution is -1.96. The van der Waals surface area contributed by atoms with Crippen molar-refractivity contribution in [2.45, 2.75) is 13.3 Å². The van der Waals surface area contributed by atoms with Gasteiger partial charge in [0.05, 0.1) is 4.92 Å². The molecule has 0 aliphatic carbocycles. The van der Waals surface area contributed by atoms with E-state index < -0.39 is 4.92 Å². The Morgan fingerprint density at radius 1 is 1.53 bits per heavy atom. The van der Waals surface area contributed by atoms with Crippen LogP contribution in [-0.2, 0) is 4.79 Å². The Labute approximate surface area is 116 Å². The largest absolute Gasteiger partial charge is 0.383 e. The molecule has 19 heavy (non-hydrogen) atoms. The van der Waals surface area contributed by atoms with Gasteiger partial charge in [-0.1, -0.05) is 30.0 Å². The molecule has 0 aromatic heterocycles. The number of anilines is 1. The van der Waals surface area contributed by atoms with E-state index in [1.54, 1.807) is 13.1 Å². The fraction of sp³-hybridized carbons (Fsp3) is 0.308. The Hall–Kier alpha value is -1.82. The molecular weight excluding hydrogens is 264 g/mol. The standard InChI is InChI=1S/C13H16N2O3S/c1-10(16)19-8-4-3-5-11-6-7-12(14-2)13(9-11)15(17)18/h3,5-7,9,14H,4,8H2,1-2H3. The van der Waals surface area contributed by atoms with E-state index >= 15 is 0 Å². The van der Waals surface area contributed by atoms with Crippen LogP contribution in [0.15, 0.2) is 24.3 Å². The smallest absolute Gasteiger partial charge is 0.292 e. The average Bonchev–Trinajstić information content (AvgIpc) is 2.37. The SMILES string of the molecule is CNc1ccc(C=CCCSC(C)=O)cc1[N+](=O)[O-]. The summed E-state index contributed by atoms with van der Waals surface area (Å²) in [6.07, 6.45) is 4.49. The minimum absolute atomic E-state index is 0.0581. The Morgan fingerprint density at radius 3 is 2.84 bits per heavy atom. The van der Waals surface area contributed by atoms with E-state index in [-0.39, 0.29) is 10.8 Å². The summed E-state index contributed by atoms with van der Waals surface area (Å²) >= 11 is 1.27. The molecule has 0 saturated carbocycles. The summed E-state index contributed by atoms with van der Waals surface area (Å²) in [6, 6.07) is 5.02. The maximum atomic E-state index is 10.9. The number of carbonyl (C=O) groups is 1. The average molecular weight is 280 g/mol. The third-order valence-corrected chi connectivity index (χ3v) is 3.23. The van der Waals surface area contributed by atoms with Crippen molar-refractivity contribution in [1.82, 2.24) is 0 Å². The molecular formula is C13H16N2O3S. The molecule has 0 unspecified atom stereocenters. The van der Waals surface area contributed by atoms with Crippen LogP contribution in [0.3, 0.4) is 0 Å². The molecule has 0 bridgehead atoms. The lowest BCUT2D eigenvalue weighted by atomic mass is 10.1. The van der Waals surface area contributed by atoms with Crippen molar-refractivity contribution in [3.63, 3.8) is 0 Å². The number of nitrogens with zero attached hydrogens (tertiary/aromatic N) is 1. The van der Waals surface area contributed by atoms with Crippen molar-refractivity contribution < 1.29 is 9.72 Å². The monoisotopic (exact) mass is 280 g/mol. The molecule has 0 saturated heterocycles. The maximum Gasteiger partial charge on any atom is 0.292 e. The lowest BCUT2D eigenvalue weighted by Gasteiger charge is -2.02. The molecule has 0 spiro atoms.